The summed E-state index contributed by atoms with van der Waals surface area (Å²) in [6.45, 7) is -0.214. The largest absolute Gasteiger partial charge is 0.463 e. The lowest BCUT2D eigenvalue weighted by Gasteiger charge is -2.25. The highest BCUT2D eigenvalue weighted by Crippen LogP contribution is 2.22. The van der Waals surface area contributed by atoms with Crippen LogP contribution in [0.15, 0.2) is 103 Å². The number of hydrogen-bond donors (Lipinski definition) is 3. The summed E-state index contributed by atoms with van der Waals surface area (Å²) in [6.07, 6.45) is 5.58. The molecule has 0 bridgehead atoms. The monoisotopic (exact) mass is 554 g/mol. The molecule has 4 rings (SSSR count). The number of amides is 2. The minimum absolute atomic E-state index is 0.00777. The molecule has 7 heteroatoms. The van der Waals surface area contributed by atoms with Crippen molar-refractivity contribution in [3.05, 3.63) is 120 Å². The van der Waals surface area contributed by atoms with E-state index in [2.05, 4.69) is 10.6 Å². The Bertz CT molecular complexity index is 1280. The molecule has 214 valence electrons. The molecule has 0 fully saturated rings. The van der Waals surface area contributed by atoms with Crippen molar-refractivity contribution in [2.45, 2.75) is 44.2 Å². The number of nitrogens with one attached hydrogen (secondary N) is 2. The zero-order valence-corrected chi connectivity index (χ0v) is 23.2. The summed E-state index contributed by atoms with van der Waals surface area (Å²) in [4.78, 5) is 39.6. The quantitative estimate of drug-likeness (QED) is 0.270. The Labute approximate surface area is 241 Å². The molecule has 0 saturated heterocycles. The molecule has 2 amide bonds. The molecule has 0 spiro atoms. The number of esters is 1. The summed E-state index contributed by atoms with van der Waals surface area (Å²) >= 11 is 0. The van der Waals surface area contributed by atoms with Crippen LogP contribution in [-0.4, -0.2) is 42.1 Å². The predicted octanol–water partition coefficient (Wildman–Crippen LogP) is 4.32. The van der Waals surface area contributed by atoms with Crippen LogP contribution in [0.4, 0.5) is 0 Å². The van der Waals surface area contributed by atoms with E-state index < -0.39 is 18.0 Å². The van der Waals surface area contributed by atoms with Gasteiger partial charge in [-0.25, -0.2) is 0 Å². The van der Waals surface area contributed by atoms with Gasteiger partial charge in [0.05, 0.1) is 30.5 Å². The molecular weight excluding hydrogens is 516 g/mol. The van der Waals surface area contributed by atoms with Gasteiger partial charge in [-0.15, -0.1) is 0 Å². The summed E-state index contributed by atoms with van der Waals surface area (Å²) in [5.74, 6) is -1.90. The van der Waals surface area contributed by atoms with E-state index in [0.717, 1.165) is 16.7 Å². The third-order valence-corrected chi connectivity index (χ3v) is 7.29. The zero-order valence-electron chi connectivity index (χ0n) is 23.2. The first-order valence-electron chi connectivity index (χ1n) is 14.2. The van der Waals surface area contributed by atoms with Gasteiger partial charge >= 0.3 is 5.97 Å². The second-order valence-corrected chi connectivity index (χ2v) is 10.5. The summed E-state index contributed by atoms with van der Waals surface area (Å²) in [5, 5.41) is 15.8. The van der Waals surface area contributed by atoms with Crippen LogP contribution in [0.1, 0.15) is 42.0 Å². The topological polar surface area (TPSA) is 105 Å². The molecular formula is C34H38N2O5. The molecule has 3 aromatic rings. The first kappa shape index (κ1) is 29.7. The fourth-order valence-electron chi connectivity index (χ4n) is 5.02. The molecule has 0 unspecified atom stereocenters. The van der Waals surface area contributed by atoms with Crippen molar-refractivity contribution < 1.29 is 24.2 Å². The van der Waals surface area contributed by atoms with Gasteiger partial charge in [-0.05, 0) is 42.4 Å². The molecule has 0 aliphatic carbocycles. The van der Waals surface area contributed by atoms with Crippen LogP contribution in [0, 0.1) is 11.8 Å². The highest BCUT2D eigenvalue weighted by atomic mass is 16.5. The van der Waals surface area contributed by atoms with E-state index in [1.165, 1.54) is 0 Å². The van der Waals surface area contributed by atoms with Crippen molar-refractivity contribution in [1.82, 2.24) is 10.6 Å². The Balaban J connectivity index is 1.49. The molecule has 1 aliphatic rings. The van der Waals surface area contributed by atoms with Gasteiger partial charge in [-0.1, -0.05) is 103 Å². The fourth-order valence-corrected chi connectivity index (χ4v) is 5.02. The van der Waals surface area contributed by atoms with E-state index in [9.17, 15) is 19.5 Å². The van der Waals surface area contributed by atoms with E-state index in [4.69, 9.17) is 4.74 Å². The number of aliphatic hydroxyl groups is 1. The van der Waals surface area contributed by atoms with E-state index in [0.29, 0.717) is 25.7 Å². The van der Waals surface area contributed by atoms with Gasteiger partial charge in [0.25, 0.3) is 0 Å². The lowest BCUT2D eigenvalue weighted by atomic mass is 9.94. The minimum Gasteiger partial charge on any atom is -0.463 e. The fraction of sp³-hybridized carbons (Fsp3) is 0.324. The Hall–Kier alpha value is -4.23. The number of ether oxygens (including phenoxy) is 1. The summed E-state index contributed by atoms with van der Waals surface area (Å²) < 4.78 is 5.76. The van der Waals surface area contributed by atoms with Gasteiger partial charge in [0, 0.05) is 6.42 Å². The van der Waals surface area contributed by atoms with Crippen molar-refractivity contribution in [3.8, 4) is 0 Å². The van der Waals surface area contributed by atoms with Crippen LogP contribution in [0.2, 0.25) is 0 Å². The maximum Gasteiger partial charge on any atom is 0.309 e. The van der Waals surface area contributed by atoms with Gasteiger partial charge in [0.2, 0.25) is 11.8 Å². The third-order valence-electron chi connectivity index (χ3n) is 7.29. The maximum atomic E-state index is 13.5. The average Bonchev–Trinajstić information content (AvgIpc) is 3.00. The molecule has 3 N–H and O–H groups in total. The smallest absolute Gasteiger partial charge is 0.309 e. The number of allylic oxidation sites excluding steroid dienone is 2. The number of benzene rings is 3. The molecule has 3 aromatic carbocycles. The SMILES string of the molecule is O=C(C[C@H]1CC=CC[C@@H](Cc2ccccc2)C(=O)OC[C@@H](c2ccccc2)NC1=O)N[C@H](CO)Cc1ccccc1. The Morgan fingerprint density at radius 1 is 0.854 bits per heavy atom. The van der Waals surface area contributed by atoms with Crippen LogP contribution in [0.3, 0.4) is 0 Å². The summed E-state index contributed by atoms with van der Waals surface area (Å²) in [7, 11) is 0. The normalized spacial score (nSPS) is 20.6. The second kappa shape index (κ2) is 15.5. The van der Waals surface area contributed by atoms with E-state index in [1.807, 2.05) is 103 Å². The average molecular weight is 555 g/mol. The molecule has 41 heavy (non-hydrogen) atoms. The van der Waals surface area contributed by atoms with Crippen LogP contribution in [0.25, 0.3) is 0 Å². The molecule has 4 atom stereocenters. The summed E-state index contributed by atoms with van der Waals surface area (Å²) in [5.41, 5.74) is 2.86. The zero-order chi connectivity index (χ0) is 28.9. The number of hydrogen-bond acceptors (Lipinski definition) is 5. The van der Waals surface area contributed by atoms with Crippen molar-refractivity contribution in [1.29, 1.82) is 0 Å². The molecule has 0 saturated carbocycles. The molecule has 1 aliphatic heterocycles. The highest BCUT2D eigenvalue weighted by Gasteiger charge is 2.28. The molecule has 0 radical (unpaired) electrons. The Kier molecular flexibility index (Phi) is 11.3. The van der Waals surface area contributed by atoms with Gasteiger partial charge in [0.15, 0.2) is 0 Å². The predicted molar refractivity (Wildman–Crippen MR) is 158 cm³/mol. The second-order valence-electron chi connectivity index (χ2n) is 10.5. The third kappa shape index (κ3) is 9.43. The highest BCUT2D eigenvalue weighted by molar-refractivity contribution is 5.86. The standard InChI is InChI=1S/C34H38N2O5/c37-23-30(21-26-14-6-2-7-15-26)35-32(38)22-28-18-10-11-19-29(20-25-12-4-1-5-13-25)34(40)41-24-31(36-33(28)39)27-16-8-3-9-17-27/h1-17,28-31,37H,18-24H2,(H,35,38)(H,36,39)/t28-,29+,30+,31+/m1/s1. The molecule has 0 aromatic heterocycles. The van der Waals surface area contributed by atoms with Crippen LogP contribution in [-0.2, 0) is 32.0 Å². The lowest BCUT2D eigenvalue weighted by Crippen LogP contribution is -2.42. The van der Waals surface area contributed by atoms with Gasteiger partial charge in [-0.3, -0.25) is 14.4 Å². The molecule has 7 nitrogen and oxygen atoms in total. The van der Waals surface area contributed by atoms with Crippen molar-refractivity contribution >= 4 is 17.8 Å². The van der Waals surface area contributed by atoms with Gasteiger partial charge < -0.3 is 20.5 Å². The van der Waals surface area contributed by atoms with E-state index >= 15 is 0 Å². The number of carbonyl (C=O) groups excluding carboxylic acids is 3. The number of aliphatic hydroxyl groups excluding tert-OH is 1. The lowest BCUT2D eigenvalue weighted by molar-refractivity contribution is -0.150. The van der Waals surface area contributed by atoms with E-state index in [-0.39, 0.29) is 43.3 Å². The number of carbonyl (C=O) groups is 3. The maximum absolute atomic E-state index is 13.5. The number of rotatable bonds is 9. The van der Waals surface area contributed by atoms with Crippen molar-refractivity contribution in [3.63, 3.8) is 0 Å². The summed E-state index contributed by atoms with van der Waals surface area (Å²) in [6, 6.07) is 27.8. The van der Waals surface area contributed by atoms with Crippen LogP contribution in [0.5, 0.6) is 0 Å². The molecule has 1 heterocycles. The first-order chi connectivity index (χ1) is 20.0. The first-order valence-corrected chi connectivity index (χ1v) is 14.2. The van der Waals surface area contributed by atoms with Gasteiger partial charge in [0.1, 0.15) is 6.61 Å². The van der Waals surface area contributed by atoms with Crippen LogP contribution >= 0.6 is 0 Å². The Morgan fingerprint density at radius 3 is 2.07 bits per heavy atom. The number of cyclic esters (lactones) is 1. The van der Waals surface area contributed by atoms with Gasteiger partial charge in [-0.2, -0.15) is 0 Å². The van der Waals surface area contributed by atoms with Crippen molar-refractivity contribution in [2.24, 2.45) is 11.8 Å². The Morgan fingerprint density at radius 2 is 1.44 bits per heavy atom. The minimum atomic E-state index is -0.628. The van der Waals surface area contributed by atoms with E-state index in [1.54, 1.807) is 0 Å². The van der Waals surface area contributed by atoms with Crippen molar-refractivity contribution in [2.75, 3.05) is 13.2 Å². The van der Waals surface area contributed by atoms with Crippen LogP contribution < -0.4 is 10.6 Å².